The quantitative estimate of drug-likeness (QED) is 0.621. The van der Waals surface area contributed by atoms with Crippen molar-refractivity contribution in [1.29, 1.82) is 0 Å². The lowest BCUT2D eigenvalue weighted by molar-refractivity contribution is -0.115. The van der Waals surface area contributed by atoms with Gasteiger partial charge in [0.15, 0.2) is 16.6 Å². The molecule has 0 aliphatic carbocycles. The monoisotopic (exact) mass is 374 g/mol. The van der Waals surface area contributed by atoms with Gasteiger partial charge in [0.25, 0.3) is 5.91 Å². The molecule has 0 atom stereocenters. The Bertz CT molecular complexity index is 867. The number of benzene rings is 2. The van der Waals surface area contributed by atoms with Gasteiger partial charge in [-0.15, -0.1) is 0 Å². The standard InChI is InChI=1S/C18H15ClN2O3S/c1-23-16-9-11(8-14-17(22)21-18(25)20-14)6-7-15(16)24-10-12-4-2-3-5-13(12)19/h2-9H,10H2,1H3,(H2,20,21,22,25)/b14-8-. The summed E-state index contributed by atoms with van der Waals surface area (Å²) in [6.45, 7) is 0.328. The molecule has 0 unspecified atom stereocenters. The van der Waals surface area contributed by atoms with Crippen LogP contribution in [0.15, 0.2) is 48.2 Å². The van der Waals surface area contributed by atoms with Crippen LogP contribution in [-0.2, 0) is 11.4 Å². The van der Waals surface area contributed by atoms with E-state index in [4.69, 9.17) is 33.3 Å². The van der Waals surface area contributed by atoms with Gasteiger partial charge in [-0.25, -0.2) is 0 Å². The second-order valence-electron chi connectivity index (χ2n) is 5.26. The lowest BCUT2D eigenvalue weighted by atomic mass is 10.1. The number of carbonyl (C=O) groups excluding carboxylic acids is 1. The minimum atomic E-state index is -0.261. The van der Waals surface area contributed by atoms with Crippen molar-refractivity contribution in [2.24, 2.45) is 0 Å². The van der Waals surface area contributed by atoms with E-state index in [0.717, 1.165) is 11.1 Å². The van der Waals surface area contributed by atoms with E-state index >= 15 is 0 Å². The maximum absolute atomic E-state index is 11.7. The third kappa shape index (κ3) is 4.10. The van der Waals surface area contributed by atoms with Crippen LogP contribution < -0.4 is 20.1 Å². The van der Waals surface area contributed by atoms with Crippen molar-refractivity contribution in [2.75, 3.05) is 7.11 Å². The topological polar surface area (TPSA) is 59.6 Å². The summed E-state index contributed by atoms with van der Waals surface area (Å²) in [4.78, 5) is 11.7. The molecular weight excluding hydrogens is 360 g/mol. The van der Waals surface area contributed by atoms with Crippen molar-refractivity contribution < 1.29 is 14.3 Å². The van der Waals surface area contributed by atoms with E-state index < -0.39 is 0 Å². The fourth-order valence-corrected chi connectivity index (χ4v) is 2.71. The minimum absolute atomic E-state index is 0.261. The van der Waals surface area contributed by atoms with Crippen molar-refractivity contribution in [1.82, 2.24) is 10.6 Å². The van der Waals surface area contributed by atoms with Crippen molar-refractivity contribution in [2.45, 2.75) is 6.61 Å². The first-order chi connectivity index (χ1) is 12.1. The highest BCUT2D eigenvalue weighted by Gasteiger charge is 2.20. The molecule has 0 bridgehead atoms. The minimum Gasteiger partial charge on any atom is -0.493 e. The molecule has 5 nitrogen and oxygen atoms in total. The average molecular weight is 375 g/mol. The molecule has 2 aromatic carbocycles. The molecule has 1 fully saturated rings. The zero-order valence-electron chi connectivity index (χ0n) is 13.3. The van der Waals surface area contributed by atoms with Gasteiger partial charge in [-0.3, -0.25) is 10.1 Å². The third-order valence-electron chi connectivity index (χ3n) is 3.56. The van der Waals surface area contributed by atoms with Crippen LogP contribution in [0.1, 0.15) is 11.1 Å². The van der Waals surface area contributed by atoms with Crippen molar-refractivity contribution >= 4 is 40.9 Å². The molecule has 0 radical (unpaired) electrons. The average Bonchev–Trinajstić information content (AvgIpc) is 2.92. The normalized spacial score (nSPS) is 15.0. The molecule has 2 aromatic rings. The summed E-state index contributed by atoms with van der Waals surface area (Å²) in [5.74, 6) is 0.884. The first-order valence-corrected chi connectivity index (χ1v) is 8.23. The van der Waals surface area contributed by atoms with Crippen molar-refractivity contribution in [3.05, 3.63) is 64.3 Å². The second-order valence-corrected chi connectivity index (χ2v) is 6.07. The van der Waals surface area contributed by atoms with E-state index in [1.807, 2.05) is 30.3 Å². The van der Waals surface area contributed by atoms with Crippen LogP contribution >= 0.6 is 23.8 Å². The Labute approximate surface area is 155 Å². The molecule has 1 heterocycles. The number of halogens is 1. The number of amides is 1. The summed E-state index contributed by atoms with van der Waals surface area (Å²) in [6.07, 6.45) is 1.69. The maximum Gasteiger partial charge on any atom is 0.273 e. The Morgan fingerprint density at radius 2 is 1.96 bits per heavy atom. The van der Waals surface area contributed by atoms with E-state index in [2.05, 4.69) is 10.6 Å². The van der Waals surface area contributed by atoms with Gasteiger partial charge in [0.05, 0.1) is 7.11 Å². The van der Waals surface area contributed by atoms with Gasteiger partial charge in [0, 0.05) is 10.6 Å². The smallest absolute Gasteiger partial charge is 0.273 e. The summed E-state index contributed by atoms with van der Waals surface area (Å²) in [7, 11) is 1.56. The predicted molar refractivity (Wildman–Crippen MR) is 101 cm³/mol. The molecule has 1 aliphatic heterocycles. The SMILES string of the molecule is COc1cc(/C=C2\NC(=S)NC2=O)ccc1OCc1ccccc1Cl. The Morgan fingerprint density at radius 3 is 2.64 bits per heavy atom. The Kier molecular flexibility index (Phi) is 5.21. The van der Waals surface area contributed by atoms with Crippen LogP contribution in [0.2, 0.25) is 5.02 Å². The molecule has 2 N–H and O–H groups in total. The molecule has 0 aromatic heterocycles. The van der Waals surface area contributed by atoms with Crippen LogP contribution in [-0.4, -0.2) is 18.1 Å². The van der Waals surface area contributed by atoms with Crippen LogP contribution in [0.5, 0.6) is 11.5 Å². The lowest BCUT2D eigenvalue weighted by Crippen LogP contribution is -2.21. The second kappa shape index (κ2) is 7.55. The fraction of sp³-hybridized carbons (Fsp3) is 0.111. The van der Waals surface area contributed by atoms with Crippen LogP contribution in [0.3, 0.4) is 0 Å². The van der Waals surface area contributed by atoms with Crippen molar-refractivity contribution in [3.63, 3.8) is 0 Å². The summed E-state index contributed by atoms with van der Waals surface area (Å²) in [6, 6.07) is 12.9. The Balaban J connectivity index is 1.78. The highest BCUT2D eigenvalue weighted by atomic mass is 35.5. The van der Waals surface area contributed by atoms with Crippen molar-refractivity contribution in [3.8, 4) is 11.5 Å². The highest BCUT2D eigenvalue weighted by Crippen LogP contribution is 2.30. The van der Waals surface area contributed by atoms with Gasteiger partial charge in [-0.1, -0.05) is 35.9 Å². The fourth-order valence-electron chi connectivity index (χ4n) is 2.31. The predicted octanol–water partition coefficient (Wildman–Crippen LogP) is 3.27. The third-order valence-corrected chi connectivity index (χ3v) is 4.13. The van der Waals surface area contributed by atoms with Crippen LogP contribution in [0, 0.1) is 0 Å². The zero-order chi connectivity index (χ0) is 17.8. The molecule has 0 spiro atoms. The number of hydrogen-bond acceptors (Lipinski definition) is 4. The van der Waals surface area contributed by atoms with Gasteiger partial charge in [0.1, 0.15) is 12.3 Å². The number of rotatable bonds is 5. The largest absolute Gasteiger partial charge is 0.493 e. The van der Waals surface area contributed by atoms with Gasteiger partial charge < -0.3 is 14.8 Å². The molecular formula is C18H15ClN2O3S. The van der Waals surface area contributed by atoms with E-state index in [1.165, 1.54) is 0 Å². The number of thiocarbonyl (C=S) groups is 1. The summed E-state index contributed by atoms with van der Waals surface area (Å²) in [5.41, 5.74) is 2.05. The van der Waals surface area contributed by atoms with Gasteiger partial charge >= 0.3 is 0 Å². The molecule has 3 rings (SSSR count). The number of ether oxygens (including phenoxy) is 2. The van der Waals surface area contributed by atoms with E-state index in [1.54, 1.807) is 25.3 Å². The molecule has 0 saturated carbocycles. The van der Waals surface area contributed by atoms with Gasteiger partial charge in [-0.2, -0.15) is 0 Å². The summed E-state index contributed by atoms with van der Waals surface area (Å²) < 4.78 is 11.2. The highest BCUT2D eigenvalue weighted by molar-refractivity contribution is 7.80. The van der Waals surface area contributed by atoms with E-state index in [-0.39, 0.29) is 5.91 Å². The molecule has 1 saturated heterocycles. The number of hydrogen-bond donors (Lipinski definition) is 2. The zero-order valence-corrected chi connectivity index (χ0v) is 14.9. The van der Waals surface area contributed by atoms with Gasteiger partial charge in [0.2, 0.25) is 0 Å². The van der Waals surface area contributed by atoms with Crippen LogP contribution in [0.25, 0.3) is 6.08 Å². The lowest BCUT2D eigenvalue weighted by Gasteiger charge is -2.12. The molecule has 1 amide bonds. The number of carbonyl (C=O) groups is 1. The first kappa shape index (κ1) is 17.3. The summed E-state index contributed by atoms with van der Waals surface area (Å²) >= 11 is 11.0. The molecule has 1 aliphatic rings. The number of nitrogens with one attached hydrogen (secondary N) is 2. The van der Waals surface area contributed by atoms with E-state index in [0.29, 0.717) is 33.9 Å². The van der Waals surface area contributed by atoms with Crippen LogP contribution in [0.4, 0.5) is 0 Å². The number of methoxy groups -OCH3 is 1. The molecule has 7 heteroatoms. The molecule has 25 heavy (non-hydrogen) atoms. The van der Waals surface area contributed by atoms with Gasteiger partial charge in [-0.05, 0) is 42.1 Å². The Hall–Kier alpha value is -2.57. The van der Waals surface area contributed by atoms with E-state index in [9.17, 15) is 4.79 Å². The summed E-state index contributed by atoms with van der Waals surface area (Å²) in [5, 5.41) is 6.26. The first-order valence-electron chi connectivity index (χ1n) is 7.45. The maximum atomic E-state index is 11.7. The molecule has 128 valence electrons. The Morgan fingerprint density at radius 1 is 1.16 bits per heavy atom.